The van der Waals surface area contributed by atoms with Crippen LogP contribution in [0.2, 0.25) is 5.02 Å². The van der Waals surface area contributed by atoms with Crippen molar-refractivity contribution in [1.29, 1.82) is 0 Å². The van der Waals surface area contributed by atoms with Crippen LogP contribution in [-0.4, -0.2) is 27.9 Å². The Hall–Kier alpha value is -0.950. The van der Waals surface area contributed by atoms with Gasteiger partial charge in [0.15, 0.2) is 5.82 Å². The van der Waals surface area contributed by atoms with E-state index in [0.717, 1.165) is 16.6 Å². The first kappa shape index (κ1) is 12.1. The molecule has 1 N–H and O–H groups in total. The molecule has 7 heteroatoms. The largest absolute Gasteiger partial charge is 0.342 e. The van der Waals surface area contributed by atoms with Crippen LogP contribution >= 0.6 is 27.5 Å². The van der Waals surface area contributed by atoms with Crippen molar-refractivity contribution in [2.24, 2.45) is 0 Å². The van der Waals surface area contributed by atoms with Crippen molar-refractivity contribution >= 4 is 27.5 Å². The molecular weight excluding hydrogens is 320 g/mol. The van der Waals surface area contributed by atoms with Crippen LogP contribution in [0.1, 0.15) is 6.35 Å². The Morgan fingerprint density at radius 3 is 3.11 bits per heavy atom. The lowest BCUT2D eigenvalue weighted by Gasteiger charge is -2.08. The van der Waals surface area contributed by atoms with Gasteiger partial charge >= 0.3 is 0 Å². The molecule has 3 rings (SSSR count). The second kappa shape index (κ2) is 4.97. The van der Waals surface area contributed by atoms with E-state index in [4.69, 9.17) is 16.3 Å². The molecule has 1 unspecified atom stereocenters. The summed E-state index contributed by atoms with van der Waals surface area (Å²) in [6.07, 6.45) is 1.43. The first-order valence-electron chi connectivity index (χ1n) is 5.45. The highest BCUT2D eigenvalue weighted by Crippen LogP contribution is 2.28. The lowest BCUT2D eigenvalue weighted by atomic mass is 10.2. The lowest BCUT2D eigenvalue weighted by Crippen LogP contribution is -2.21. The number of rotatable bonds is 2. The molecule has 0 radical (unpaired) electrons. The Balaban J connectivity index is 1.92. The standard InChI is InChI=1S/C11H10BrClN4O/c12-9-5-7(13)1-2-8(9)10-15-6-17(16-10)11-14-3-4-18-11/h1-2,5-6,11,14H,3-4H2. The maximum absolute atomic E-state index is 5.91. The van der Waals surface area contributed by atoms with Gasteiger partial charge in [0.2, 0.25) is 6.35 Å². The summed E-state index contributed by atoms with van der Waals surface area (Å²) in [4.78, 5) is 4.28. The van der Waals surface area contributed by atoms with Gasteiger partial charge in [-0.1, -0.05) is 11.6 Å². The van der Waals surface area contributed by atoms with Crippen molar-refractivity contribution in [3.8, 4) is 11.4 Å². The zero-order valence-electron chi connectivity index (χ0n) is 9.31. The van der Waals surface area contributed by atoms with Gasteiger partial charge < -0.3 is 4.74 Å². The molecule has 0 aliphatic carbocycles. The van der Waals surface area contributed by atoms with Gasteiger partial charge in [-0.3, -0.25) is 5.32 Å². The Labute approximate surface area is 117 Å². The van der Waals surface area contributed by atoms with Gasteiger partial charge in [0.05, 0.1) is 6.61 Å². The van der Waals surface area contributed by atoms with Crippen molar-refractivity contribution in [2.75, 3.05) is 13.2 Å². The first-order chi connectivity index (χ1) is 8.74. The second-order valence-corrected chi connectivity index (χ2v) is 5.14. The normalized spacial score (nSPS) is 19.3. The number of nitrogens with zero attached hydrogens (tertiary/aromatic N) is 3. The fourth-order valence-corrected chi connectivity index (χ4v) is 2.62. The summed E-state index contributed by atoms with van der Waals surface area (Å²) in [6.45, 7) is 1.51. The third-order valence-corrected chi connectivity index (χ3v) is 3.51. The summed E-state index contributed by atoms with van der Waals surface area (Å²) in [5, 5.41) is 8.24. The molecule has 1 fully saturated rings. The molecule has 1 atom stereocenters. The van der Waals surface area contributed by atoms with E-state index in [0.29, 0.717) is 17.5 Å². The van der Waals surface area contributed by atoms with Crippen LogP contribution in [0.5, 0.6) is 0 Å². The van der Waals surface area contributed by atoms with Crippen LogP contribution in [0.25, 0.3) is 11.4 Å². The van der Waals surface area contributed by atoms with Gasteiger partial charge in [0, 0.05) is 21.6 Å². The smallest absolute Gasteiger partial charge is 0.208 e. The van der Waals surface area contributed by atoms with E-state index in [2.05, 4.69) is 31.3 Å². The number of benzene rings is 1. The zero-order valence-corrected chi connectivity index (χ0v) is 11.6. The molecule has 0 bridgehead atoms. The number of hydrogen-bond acceptors (Lipinski definition) is 4. The summed E-state index contributed by atoms with van der Waals surface area (Å²) < 4.78 is 7.99. The van der Waals surface area contributed by atoms with E-state index in [1.54, 1.807) is 11.0 Å². The molecule has 0 saturated carbocycles. The van der Waals surface area contributed by atoms with Gasteiger partial charge in [-0.25, -0.2) is 9.67 Å². The quantitative estimate of drug-likeness (QED) is 0.919. The van der Waals surface area contributed by atoms with Crippen LogP contribution in [0.3, 0.4) is 0 Å². The topological polar surface area (TPSA) is 52.0 Å². The molecule has 94 valence electrons. The average Bonchev–Trinajstić information content (AvgIpc) is 2.99. The fourth-order valence-electron chi connectivity index (χ4n) is 1.76. The molecule has 0 spiro atoms. The summed E-state index contributed by atoms with van der Waals surface area (Å²) in [5.41, 5.74) is 0.899. The van der Waals surface area contributed by atoms with Gasteiger partial charge in [-0.05, 0) is 34.1 Å². The number of ether oxygens (including phenoxy) is 1. The van der Waals surface area contributed by atoms with E-state index < -0.39 is 0 Å². The summed E-state index contributed by atoms with van der Waals surface area (Å²) in [7, 11) is 0. The number of halogens is 2. The summed E-state index contributed by atoms with van der Waals surface area (Å²) in [6, 6.07) is 5.52. The third-order valence-electron chi connectivity index (χ3n) is 2.62. The molecule has 1 saturated heterocycles. The monoisotopic (exact) mass is 328 g/mol. The molecular formula is C11H10BrClN4O. The minimum Gasteiger partial charge on any atom is -0.342 e. The lowest BCUT2D eigenvalue weighted by molar-refractivity contribution is 0.0342. The summed E-state index contributed by atoms with van der Waals surface area (Å²) >= 11 is 9.36. The number of aromatic nitrogens is 3. The molecule has 1 aliphatic rings. The second-order valence-electron chi connectivity index (χ2n) is 3.85. The number of hydrogen-bond donors (Lipinski definition) is 1. The predicted molar refractivity (Wildman–Crippen MR) is 71.2 cm³/mol. The van der Waals surface area contributed by atoms with Crippen molar-refractivity contribution in [2.45, 2.75) is 6.35 Å². The third kappa shape index (κ3) is 2.29. The van der Waals surface area contributed by atoms with Gasteiger partial charge in [0.25, 0.3) is 0 Å². The zero-order chi connectivity index (χ0) is 12.5. The van der Waals surface area contributed by atoms with Crippen molar-refractivity contribution < 1.29 is 4.74 Å². The van der Waals surface area contributed by atoms with Gasteiger partial charge in [-0.2, -0.15) is 0 Å². The molecule has 2 heterocycles. The van der Waals surface area contributed by atoms with Crippen LogP contribution in [0, 0.1) is 0 Å². The van der Waals surface area contributed by atoms with Gasteiger partial charge in [0.1, 0.15) is 6.33 Å². The van der Waals surface area contributed by atoms with E-state index in [1.807, 2.05) is 18.2 Å². The van der Waals surface area contributed by atoms with Gasteiger partial charge in [-0.15, -0.1) is 5.10 Å². The Bertz CT molecular complexity index is 568. The van der Waals surface area contributed by atoms with E-state index in [-0.39, 0.29) is 6.35 Å². The van der Waals surface area contributed by atoms with Crippen LogP contribution < -0.4 is 5.32 Å². The van der Waals surface area contributed by atoms with Crippen LogP contribution in [-0.2, 0) is 4.74 Å². The highest BCUT2D eigenvalue weighted by atomic mass is 79.9. The highest BCUT2D eigenvalue weighted by Gasteiger charge is 2.18. The van der Waals surface area contributed by atoms with Crippen molar-refractivity contribution in [3.63, 3.8) is 0 Å². The van der Waals surface area contributed by atoms with Crippen LogP contribution in [0.4, 0.5) is 0 Å². The molecule has 1 aromatic heterocycles. The average molecular weight is 330 g/mol. The SMILES string of the molecule is Clc1ccc(-c2ncn(C3NCCO3)n2)c(Br)c1. The van der Waals surface area contributed by atoms with Crippen molar-refractivity contribution in [1.82, 2.24) is 20.1 Å². The van der Waals surface area contributed by atoms with E-state index in [1.165, 1.54) is 0 Å². The minimum atomic E-state index is -0.225. The Morgan fingerprint density at radius 2 is 2.39 bits per heavy atom. The van der Waals surface area contributed by atoms with E-state index in [9.17, 15) is 0 Å². The Morgan fingerprint density at radius 1 is 1.50 bits per heavy atom. The minimum absolute atomic E-state index is 0.225. The highest BCUT2D eigenvalue weighted by molar-refractivity contribution is 9.10. The predicted octanol–water partition coefficient (Wildman–Crippen LogP) is 2.44. The van der Waals surface area contributed by atoms with Crippen molar-refractivity contribution in [3.05, 3.63) is 34.0 Å². The molecule has 1 aromatic carbocycles. The fraction of sp³-hybridized carbons (Fsp3) is 0.273. The molecule has 0 amide bonds. The maximum Gasteiger partial charge on any atom is 0.208 e. The summed E-state index contributed by atoms with van der Waals surface area (Å²) in [5.74, 6) is 0.635. The number of nitrogens with one attached hydrogen (secondary N) is 1. The maximum atomic E-state index is 5.91. The molecule has 2 aromatic rings. The van der Waals surface area contributed by atoms with E-state index >= 15 is 0 Å². The Kier molecular flexibility index (Phi) is 3.34. The molecule has 1 aliphatic heterocycles. The van der Waals surface area contributed by atoms with Crippen LogP contribution in [0.15, 0.2) is 29.0 Å². The first-order valence-corrected chi connectivity index (χ1v) is 6.63. The molecule has 18 heavy (non-hydrogen) atoms. The molecule has 5 nitrogen and oxygen atoms in total.